The number of esters is 1. The molecular formula is C22H22N2O5. The van der Waals surface area contributed by atoms with E-state index in [1.54, 1.807) is 31.3 Å². The lowest BCUT2D eigenvalue weighted by atomic mass is 9.75. The van der Waals surface area contributed by atoms with Crippen molar-refractivity contribution in [1.29, 1.82) is 0 Å². The van der Waals surface area contributed by atoms with Crippen LogP contribution in [0.15, 0.2) is 24.3 Å². The molecule has 2 aliphatic rings. The third-order valence-corrected chi connectivity index (χ3v) is 5.24. The first-order chi connectivity index (χ1) is 13.6. The number of ketones is 1. The molecule has 1 aromatic heterocycles. The van der Waals surface area contributed by atoms with Crippen LogP contribution in [0.2, 0.25) is 0 Å². The first-order valence-electron chi connectivity index (χ1n) is 9.44. The van der Waals surface area contributed by atoms with Crippen molar-refractivity contribution in [1.82, 2.24) is 4.98 Å². The number of carbonyl (C=O) groups is 3. The minimum absolute atomic E-state index is 0.0728. The highest BCUT2D eigenvalue weighted by Crippen LogP contribution is 2.42. The van der Waals surface area contributed by atoms with Crippen LogP contribution in [0.1, 0.15) is 43.2 Å². The first kappa shape index (κ1) is 19.1. The summed E-state index contributed by atoms with van der Waals surface area (Å²) >= 11 is 0. The van der Waals surface area contributed by atoms with E-state index in [0.29, 0.717) is 46.8 Å². The Kier molecular flexibility index (Phi) is 4.41. The van der Waals surface area contributed by atoms with Crippen LogP contribution in [0.5, 0.6) is 11.5 Å². The van der Waals surface area contributed by atoms with Crippen molar-refractivity contribution in [3.63, 3.8) is 0 Å². The van der Waals surface area contributed by atoms with E-state index in [0.717, 1.165) is 5.69 Å². The number of hydrogen-bond donors (Lipinski definition) is 0. The van der Waals surface area contributed by atoms with Crippen molar-refractivity contribution in [2.45, 2.75) is 33.6 Å². The molecule has 0 saturated carbocycles. The smallest absolute Gasteiger partial charge is 0.308 e. The number of pyridine rings is 1. The summed E-state index contributed by atoms with van der Waals surface area (Å²) in [6, 6.07) is 6.85. The van der Waals surface area contributed by atoms with Crippen molar-refractivity contribution in [2.24, 2.45) is 5.41 Å². The summed E-state index contributed by atoms with van der Waals surface area (Å²) in [4.78, 5) is 42.4. The molecule has 0 unspecified atom stereocenters. The number of hydrogen-bond acceptors (Lipinski definition) is 6. The zero-order chi connectivity index (χ0) is 20.9. The zero-order valence-corrected chi connectivity index (χ0v) is 16.9. The van der Waals surface area contributed by atoms with E-state index in [9.17, 15) is 14.4 Å². The first-order valence-corrected chi connectivity index (χ1v) is 9.44. The molecule has 0 atom stereocenters. The lowest BCUT2D eigenvalue weighted by Gasteiger charge is -2.30. The number of fused-ring (bicyclic) bond motifs is 2. The van der Waals surface area contributed by atoms with Gasteiger partial charge in [-0.1, -0.05) is 13.8 Å². The second-order valence-electron chi connectivity index (χ2n) is 8.28. The molecule has 0 fully saturated rings. The van der Waals surface area contributed by atoms with Gasteiger partial charge in [0.05, 0.1) is 17.1 Å². The minimum Gasteiger partial charge on any atom is -0.481 e. The Morgan fingerprint density at radius 1 is 1.17 bits per heavy atom. The Bertz CT molecular complexity index is 1060. The highest BCUT2D eigenvalue weighted by molar-refractivity contribution is 6.00. The Hall–Kier alpha value is -3.22. The topological polar surface area (TPSA) is 85.8 Å². The van der Waals surface area contributed by atoms with Crippen LogP contribution in [0.4, 0.5) is 5.69 Å². The van der Waals surface area contributed by atoms with Gasteiger partial charge in [-0.15, -0.1) is 0 Å². The molecule has 0 N–H and O–H groups in total. The van der Waals surface area contributed by atoms with Crippen molar-refractivity contribution < 1.29 is 23.9 Å². The van der Waals surface area contributed by atoms with Crippen LogP contribution < -0.4 is 14.4 Å². The number of Topliss-reactive ketones (excluding diaryl/α,β-unsaturated/α-hetero) is 1. The maximum Gasteiger partial charge on any atom is 0.308 e. The number of aromatic nitrogens is 1. The number of benzene rings is 1. The fourth-order valence-electron chi connectivity index (χ4n) is 3.82. The van der Waals surface area contributed by atoms with Gasteiger partial charge in [0.25, 0.3) is 5.91 Å². The van der Waals surface area contributed by atoms with E-state index >= 15 is 0 Å². The van der Waals surface area contributed by atoms with Gasteiger partial charge in [-0.05, 0) is 30.0 Å². The molecule has 2 aromatic rings. The van der Waals surface area contributed by atoms with Crippen LogP contribution in [0, 0.1) is 5.41 Å². The van der Waals surface area contributed by atoms with Gasteiger partial charge < -0.3 is 14.4 Å². The van der Waals surface area contributed by atoms with Gasteiger partial charge in [0.2, 0.25) is 0 Å². The van der Waals surface area contributed by atoms with E-state index < -0.39 is 5.97 Å². The lowest BCUT2D eigenvalue weighted by molar-refractivity contribution is -0.131. The monoisotopic (exact) mass is 394 g/mol. The van der Waals surface area contributed by atoms with E-state index in [4.69, 9.17) is 14.5 Å². The van der Waals surface area contributed by atoms with Gasteiger partial charge in [-0.2, -0.15) is 0 Å². The SMILES string of the molecule is CC(=O)Oc1cc2c(cc1-c1ccc3c(n1)CC(C)(C)CC3=O)N(C)C(=O)CO2. The standard InChI is InChI=1S/C22H22N2O5/c1-12(25)29-19-8-20-17(24(4)21(27)11-28-20)7-14(19)15-6-5-13-16(23-15)9-22(2,3)10-18(13)26/h5-8H,9-11H2,1-4H3. The molecule has 150 valence electrons. The Morgan fingerprint density at radius 2 is 1.93 bits per heavy atom. The molecule has 0 saturated heterocycles. The largest absolute Gasteiger partial charge is 0.481 e. The van der Waals surface area contributed by atoms with Crippen LogP contribution >= 0.6 is 0 Å². The van der Waals surface area contributed by atoms with Crippen molar-refractivity contribution >= 4 is 23.3 Å². The summed E-state index contributed by atoms with van der Waals surface area (Å²) < 4.78 is 10.9. The minimum atomic E-state index is -0.472. The fraction of sp³-hybridized carbons (Fsp3) is 0.364. The maximum absolute atomic E-state index is 12.5. The fourth-order valence-corrected chi connectivity index (χ4v) is 3.82. The quantitative estimate of drug-likeness (QED) is 0.574. The predicted molar refractivity (Wildman–Crippen MR) is 106 cm³/mol. The number of likely N-dealkylation sites (N-methyl/N-ethyl adjacent to an activating group) is 1. The van der Waals surface area contributed by atoms with Crippen molar-refractivity contribution in [3.05, 3.63) is 35.5 Å². The summed E-state index contributed by atoms with van der Waals surface area (Å²) in [6.45, 7) is 5.34. The number of carbonyl (C=O) groups excluding carboxylic acids is 3. The second kappa shape index (κ2) is 6.69. The van der Waals surface area contributed by atoms with Gasteiger partial charge in [0.15, 0.2) is 12.4 Å². The third kappa shape index (κ3) is 3.48. The summed E-state index contributed by atoms with van der Waals surface area (Å²) in [5.74, 6) is 0.198. The number of amides is 1. The average Bonchev–Trinajstić information content (AvgIpc) is 2.62. The molecule has 1 amide bonds. The van der Waals surface area contributed by atoms with E-state index in [1.807, 2.05) is 13.8 Å². The summed E-state index contributed by atoms with van der Waals surface area (Å²) in [7, 11) is 1.67. The molecule has 1 aliphatic carbocycles. The number of ether oxygens (including phenoxy) is 2. The van der Waals surface area contributed by atoms with E-state index in [1.165, 1.54) is 11.8 Å². The van der Waals surface area contributed by atoms with E-state index in [-0.39, 0.29) is 23.7 Å². The Labute approximate surface area is 168 Å². The van der Waals surface area contributed by atoms with Gasteiger partial charge in [0.1, 0.15) is 11.5 Å². The highest BCUT2D eigenvalue weighted by Gasteiger charge is 2.32. The molecule has 7 heteroatoms. The molecule has 1 aliphatic heterocycles. The molecule has 0 radical (unpaired) electrons. The predicted octanol–water partition coefficient (Wildman–Crippen LogP) is 3.18. The molecule has 7 nitrogen and oxygen atoms in total. The summed E-state index contributed by atoms with van der Waals surface area (Å²) in [5, 5.41) is 0. The Morgan fingerprint density at radius 3 is 2.66 bits per heavy atom. The van der Waals surface area contributed by atoms with Gasteiger partial charge in [0, 0.05) is 37.6 Å². The zero-order valence-electron chi connectivity index (χ0n) is 16.9. The van der Waals surface area contributed by atoms with Crippen LogP contribution in [-0.4, -0.2) is 36.3 Å². The highest BCUT2D eigenvalue weighted by atomic mass is 16.5. The Balaban J connectivity index is 1.87. The number of nitrogens with zero attached hydrogens (tertiary/aromatic N) is 2. The van der Waals surface area contributed by atoms with Crippen LogP contribution in [0.25, 0.3) is 11.3 Å². The van der Waals surface area contributed by atoms with Crippen LogP contribution in [-0.2, 0) is 16.0 Å². The average molecular weight is 394 g/mol. The van der Waals surface area contributed by atoms with Gasteiger partial charge >= 0.3 is 5.97 Å². The van der Waals surface area contributed by atoms with Crippen LogP contribution in [0.3, 0.4) is 0 Å². The van der Waals surface area contributed by atoms with Gasteiger partial charge in [-0.25, -0.2) is 0 Å². The number of rotatable bonds is 2. The van der Waals surface area contributed by atoms with E-state index in [2.05, 4.69) is 0 Å². The summed E-state index contributed by atoms with van der Waals surface area (Å²) in [5.41, 5.74) is 2.90. The summed E-state index contributed by atoms with van der Waals surface area (Å²) in [6.07, 6.45) is 1.17. The molecular weight excluding hydrogens is 372 g/mol. The van der Waals surface area contributed by atoms with Crippen molar-refractivity contribution in [2.75, 3.05) is 18.6 Å². The molecule has 1 aromatic carbocycles. The van der Waals surface area contributed by atoms with Crippen molar-refractivity contribution in [3.8, 4) is 22.8 Å². The molecule has 0 spiro atoms. The molecule has 2 heterocycles. The lowest BCUT2D eigenvalue weighted by Crippen LogP contribution is -2.35. The molecule has 0 bridgehead atoms. The second-order valence-corrected chi connectivity index (χ2v) is 8.28. The van der Waals surface area contributed by atoms with Gasteiger partial charge in [-0.3, -0.25) is 19.4 Å². The molecule has 29 heavy (non-hydrogen) atoms. The third-order valence-electron chi connectivity index (χ3n) is 5.24. The number of anilines is 1. The maximum atomic E-state index is 12.5. The normalized spacial score (nSPS) is 17.3. The molecule has 4 rings (SSSR count).